The standard InChI is InChI=1S/C19H26N6O2/c1-5-6-9-21-18-16-14(22-19(20)23-18)11-25(24-16)10-13-15(26-3)8-7-12(2)17(13)27-4/h7-8,11H,5-6,9-10H2,1-4H3,(H3,20,21,22,23). The van der Waals surface area contributed by atoms with Gasteiger partial charge in [-0.15, -0.1) is 0 Å². The Hall–Kier alpha value is -3.03. The molecule has 8 nitrogen and oxygen atoms in total. The van der Waals surface area contributed by atoms with Crippen molar-refractivity contribution >= 4 is 22.8 Å². The maximum absolute atomic E-state index is 5.86. The Morgan fingerprint density at radius 2 is 2.00 bits per heavy atom. The van der Waals surface area contributed by atoms with Crippen LogP contribution in [0.2, 0.25) is 0 Å². The number of methoxy groups -OCH3 is 2. The predicted octanol–water partition coefficient (Wildman–Crippen LogP) is 2.99. The summed E-state index contributed by atoms with van der Waals surface area (Å²) in [5.41, 5.74) is 9.23. The molecule has 0 unspecified atom stereocenters. The van der Waals surface area contributed by atoms with Gasteiger partial charge in [0.25, 0.3) is 0 Å². The number of hydrogen-bond acceptors (Lipinski definition) is 7. The van der Waals surface area contributed by atoms with Crippen LogP contribution in [0.15, 0.2) is 18.3 Å². The Balaban J connectivity index is 1.99. The lowest BCUT2D eigenvalue weighted by atomic mass is 10.1. The number of rotatable bonds is 8. The van der Waals surface area contributed by atoms with Gasteiger partial charge in [0.05, 0.1) is 32.5 Å². The molecule has 0 saturated carbocycles. The average molecular weight is 370 g/mol. The molecule has 0 saturated heterocycles. The lowest BCUT2D eigenvalue weighted by Gasteiger charge is -2.15. The van der Waals surface area contributed by atoms with Crippen LogP contribution in [0.3, 0.4) is 0 Å². The minimum absolute atomic E-state index is 0.228. The zero-order valence-electron chi connectivity index (χ0n) is 16.2. The van der Waals surface area contributed by atoms with Crippen LogP contribution < -0.4 is 20.5 Å². The molecule has 0 amide bonds. The summed E-state index contributed by atoms with van der Waals surface area (Å²) >= 11 is 0. The number of aromatic nitrogens is 4. The molecule has 3 N–H and O–H groups in total. The molecule has 3 aromatic rings. The third-order valence-electron chi connectivity index (χ3n) is 4.41. The third-order valence-corrected chi connectivity index (χ3v) is 4.41. The number of ether oxygens (including phenoxy) is 2. The van der Waals surface area contributed by atoms with Gasteiger partial charge in [-0.05, 0) is 25.0 Å². The van der Waals surface area contributed by atoms with Gasteiger partial charge in [0.1, 0.15) is 17.0 Å². The van der Waals surface area contributed by atoms with Crippen molar-refractivity contribution in [3.8, 4) is 11.5 Å². The highest BCUT2D eigenvalue weighted by molar-refractivity contribution is 5.85. The average Bonchev–Trinajstić information content (AvgIpc) is 3.04. The summed E-state index contributed by atoms with van der Waals surface area (Å²) in [6.45, 7) is 5.44. The summed E-state index contributed by atoms with van der Waals surface area (Å²) in [5.74, 6) is 2.43. The number of unbranched alkanes of at least 4 members (excludes halogenated alkanes) is 1. The van der Waals surface area contributed by atoms with Crippen molar-refractivity contribution < 1.29 is 9.47 Å². The van der Waals surface area contributed by atoms with Crippen LogP contribution in [-0.2, 0) is 6.54 Å². The van der Waals surface area contributed by atoms with Crippen LogP contribution in [0.4, 0.5) is 11.8 Å². The number of fused-ring (bicyclic) bond motifs is 1. The fourth-order valence-electron chi connectivity index (χ4n) is 3.08. The molecule has 2 heterocycles. The highest BCUT2D eigenvalue weighted by Crippen LogP contribution is 2.33. The lowest BCUT2D eigenvalue weighted by molar-refractivity contribution is 0.380. The van der Waals surface area contributed by atoms with Gasteiger partial charge in [0, 0.05) is 6.54 Å². The quantitative estimate of drug-likeness (QED) is 0.588. The van der Waals surface area contributed by atoms with Crippen LogP contribution in [0.5, 0.6) is 11.5 Å². The molecular formula is C19H26N6O2. The molecule has 0 radical (unpaired) electrons. The molecule has 8 heteroatoms. The number of anilines is 2. The molecular weight excluding hydrogens is 344 g/mol. The van der Waals surface area contributed by atoms with E-state index in [1.54, 1.807) is 14.2 Å². The number of nitrogens with zero attached hydrogens (tertiary/aromatic N) is 4. The summed E-state index contributed by atoms with van der Waals surface area (Å²) in [4.78, 5) is 8.62. The number of nitrogen functional groups attached to an aromatic ring is 1. The molecule has 0 atom stereocenters. The minimum atomic E-state index is 0.228. The van der Waals surface area contributed by atoms with E-state index in [4.69, 9.17) is 15.2 Å². The van der Waals surface area contributed by atoms with Crippen molar-refractivity contribution in [2.75, 3.05) is 31.8 Å². The first-order valence-electron chi connectivity index (χ1n) is 9.02. The zero-order valence-corrected chi connectivity index (χ0v) is 16.2. The number of aryl methyl sites for hydroxylation is 1. The monoisotopic (exact) mass is 370 g/mol. The molecule has 0 aliphatic rings. The molecule has 27 heavy (non-hydrogen) atoms. The van der Waals surface area contributed by atoms with Crippen LogP contribution in [0.1, 0.15) is 30.9 Å². The van der Waals surface area contributed by atoms with Crippen molar-refractivity contribution in [2.45, 2.75) is 33.2 Å². The van der Waals surface area contributed by atoms with E-state index in [1.807, 2.05) is 29.9 Å². The second-order valence-corrected chi connectivity index (χ2v) is 6.37. The Morgan fingerprint density at radius 1 is 1.19 bits per heavy atom. The number of nitrogens with two attached hydrogens (primary N) is 1. The molecule has 2 aromatic heterocycles. The maximum Gasteiger partial charge on any atom is 0.222 e. The van der Waals surface area contributed by atoms with Gasteiger partial charge in [0.15, 0.2) is 11.3 Å². The number of benzene rings is 1. The fourth-order valence-corrected chi connectivity index (χ4v) is 3.08. The molecule has 3 rings (SSSR count). The van der Waals surface area contributed by atoms with Gasteiger partial charge in [-0.3, -0.25) is 4.68 Å². The van der Waals surface area contributed by atoms with Crippen LogP contribution in [-0.4, -0.2) is 40.5 Å². The van der Waals surface area contributed by atoms with E-state index in [0.717, 1.165) is 42.0 Å². The number of nitrogens with one attached hydrogen (secondary N) is 1. The predicted molar refractivity (Wildman–Crippen MR) is 107 cm³/mol. The first-order chi connectivity index (χ1) is 13.1. The largest absolute Gasteiger partial charge is 0.496 e. The van der Waals surface area contributed by atoms with Gasteiger partial charge >= 0.3 is 0 Å². The highest BCUT2D eigenvalue weighted by atomic mass is 16.5. The number of hydrogen-bond donors (Lipinski definition) is 2. The molecule has 0 aliphatic heterocycles. The summed E-state index contributed by atoms with van der Waals surface area (Å²) in [6.07, 6.45) is 4.00. The lowest BCUT2D eigenvalue weighted by Crippen LogP contribution is -2.07. The second kappa shape index (κ2) is 8.11. The van der Waals surface area contributed by atoms with E-state index in [1.165, 1.54) is 0 Å². The first-order valence-corrected chi connectivity index (χ1v) is 9.02. The third kappa shape index (κ3) is 3.89. The fraction of sp³-hybridized carbons (Fsp3) is 0.421. The van der Waals surface area contributed by atoms with E-state index in [9.17, 15) is 0 Å². The van der Waals surface area contributed by atoms with Crippen molar-refractivity contribution in [3.05, 3.63) is 29.5 Å². The molecule has 0 aliphatic carbocycles. The van der Waals surface area contributed by atoms with Gasteiger partial charge in [-0.1, -0.05) is 19.4 Å². The van der Waals surface area contributed by atoms with Crippen molar-refractivity contribution in [1.82, 2.24) is 19.7 Å². The molecule has 0 bridgehead atoms. The summed E-state index contributed by atoms with van der Waals surface area (Å²) in [7, 11) is 3.31. The molecule has 144 valence electrons. The van der Waals surface area contributed by atoms with Crippen LogP contribution in [0, 0.1) is 6.92 Å². The van der Waals surface area contributed by atoms with Crippen molar-refractivity contribution in [1.29, 1.82) is 0 Å². The highest BCUT2D eigenvalue weighted by Gasteiger charge is 2.16. The Kier molecular flexibility index (Phi) is 5.63. The maximum atomic E-state index is 5.86. The summed E-state index contributed by atoms with van der Waals surface area (Å²) < 4.78 is 12.9. The second-order valence-electron chi connectivity index (χ2n) is 6.37. The van der Waals surface area contributed by atoms with Crippen LogP contribution >= 0.6 is 0 Å². The molecule has 0 fully saturated rings. The normalized spacial score (nSPS) is 11.0. The Bertz CT molecular complexity index is 938. The van der Waals surface area contributed by atoms with Gasteiger partial charge in [-0.25, -0.2) is 4.98 Å². The van der Waals surface area contributed by atoms with E-state index in [2.05, 4.69) is 27.3 Å². The zero-order chi connectivity index (χ0) is 19.4. The smallest absolute Gasteiger partial charge is 0.222 e. The van der Waals surface area contributed by atoms with Crippen molar-refractivity contribution in [3.63, 3.8) is 0 Å². The van der Waals surface area contributed by atoms with E-state index in [-0.39, 0.29) is 5.95 Å². The van der Waals surface area contributed by atoms with E-state index >= 15 is 0 Å². The topological polar surface area (TPSA) is 100 Å². The first kappa shape index (κ1) is 18.8. The van der Waals surface area contributed by atoms with Crippen LogP contribution in [0.25, 0.3) is 11.0 Å². The van der Waals surface area contributed by atoms with Gasteiger partial charge in [0.2, 0.25) is 5.95 Å². The molecule has 1 aromatic carbocycles. The Morgan fingerprint density at radius 3 is 2.70 bits per heavy atom. The van der Waals surface area contributed by atoms with Crippen molar-refractivity contribution in [2.24, 2.45) is 0 Å². The summed E-state index contributed by atoms with van der Waals surface area (Å²) in [5, 5.41) is 7.98. The molecule has 0 spiro atoms. The SMILES string of the molecule is CCCCNc1nc(N)nc2cn(Cc3c(OC)ccc(C)c3OC)nc12. The van der Waals surface area contributed by atoms with E-state index < -0.39 is 0 Å². The minimum Gasteiger partial charge on any atom is -0.496 e. The summed E-state index contributed by atoms with van der Waals surface area (Å²) in [6, 6.07) is 3.91. The Labute approximate surface area is 158 Å². The van der Waals surface area contributed by atoms with Gasteiger partial charge in [-0.2, -0.15) is 10.1 Å². The van der Waals surface area contributed by atoms with Gasteiger partial charge < -0.3 is 20.5 Å². The van der Waals surface area contributed by atoms with E-state index in [0.29, 0.717) is 23.4 Å².